The molecule has 162 valence electrons. The molecule has 0 unspecified atom stereocenters. The lowest BCUT2D eigenvalue weighted by Gasteiger charge is -2.02. The molecule has 2 heterocycles. The van der Waals surface area contributed by atoms with Crippen molar-refractivity contribution >= 4 is 28.8 Å². The highest BCUT2D eigenvalue weighted by Gasteiger charge is 2.14. The van der Waals surface area contributed by atoms with Crippen LogP contribution in [0, 0.1) is 5.41 Å². The average molecular weight is 439 g/mol. The fourth-order valence-electron chi connectivity index (χ4n) is 3.06. The van der Waals surface area contributed by atoms with Crippen molar-refractivity contribution in [3.8, 4) is 0 Å². The van der Waals surface area contributed by atoms with Crippen LogP contribution in [0.25, 0.3) is 0 Å². The number of hydrogen-bond donors (Lipinski definition) is 4. The van der Waals surface area contributed by atoms with Gasteiger partial charge in [0.05, 0.1) is 6.61 Å². The molecule has 1 aliphatic rings. The fraction of sp³-hybridized carbons (Fsp3) is 0.318. The van der Waals surface area contributed by atoms with Crippen LogP contribution >= 0.6 is 11.3 Å². The summed E-state index contributed by atoms with van der Waals surface area (Å²) in [5.74, 6) is -0.0686. The summed E-state index contributed by atoms with van der Waals surface area (Å²) >= 11 is 1.26. The van der Waals surface area contributed by atoms with Crippen LogP contribution in [-0.4, -0.2) is 45.9 Å². The Morgan fingerprint density at radius 1 is 1.23 bits per heavy atom. The van der Waals surface area contributed by atoms with Gasteiger partial charge in [0, 0.05) is 36.4 Å². The molecule has 9 heteroatoms. The van der Waals surface area contributed by atoms with Crippen LogP contribution in [0.15, 0.2) is 58.7 Å². The standard InChI is InChI=1S/C22H26N6O2S/c23-17(8-4-5-9-19-27-28-22(31-19)21(30)25-10-11-29)13-16-14-18(26-20(16)24)12-15-6-2-1-3-7-15/h1-3,6-7,13-14,24,29H,4-5,8-12,23H2,(H,25,30). The van der Waals surface area contributed by atoms with E-state index in [9.17, 15) is 4.79 Å². The lowest BCUT2D eigenvalue weighted by Crippen LogP contribution is -2.26. The Bertz CT molecular complexity index is 1010. The van der Waals surface area contributed by atoms with Gasteiger partial charge in [-0.2, -0.15) is 0 Å². The summed E-state index contributed by atoms with van der Waals surface area (Å²) < 4.78 is 0. The van der Waals surface area contributed by atoms with Crippen molar-refractivity contribution in [1.29, 1.82) is 5.41 Å². The van der Waals surface area contributed by atoms with Crippen molar-refractivity contribution < 1.29 is 9.90 Å². The summed E-state index contributed by atoms with van der Waals surface area (Å²) in [6, 6.07) is 10.1. The summed E-state index contributed by atoms with van der Waals surface area (Å²) in [6.45, 7) is 0.0925. The number of nitrogens with zero attached hydrogens (tertiary/aromatic N) is 3. The van der Waals surface area contributed by atoms with E-state index in [-0.39, 0.29) is 24.9 Å². The first-order valence-corrected chi connectivity index (χ1v) is 11.0. The predicted octanol–water partition coefficient (Wildman–Crippen LogP) is 2.42. The van der Waals surface area contributed by atoms with Gasteiger partial charge in [-0.05, 0) is 37.0 Å². The van der Waals surface area contributed by atoms with E-state index in [2.05, 4.69) is 20.5 Å². The minimum atomic E-state index is -0.314. The number of unbranched alkanes of at least 4 members (excludes halogenated alkanes) is 1. The first-order valence-electron chi connectivity index (χ1n) is 10.1. The van der Waals surface area contributed by atoms with Crippen LogP contribution in [0.5, 0.6) is 0 Å². The van der Waals surface area contributed by atoms with E-state index in [0.29, 0.717) is 23.5 Å². The second-order valence-electron chi connectivity index (χ2n) is 7.12. The largest absolute Gasteiger partial charge is 0.402 e. The molecule has 0 aliphatic carbocycles. The number of hydrogen-bond acceptors (Lipinski definition) is 7. The van der Waals surface area contributed by atoms with Gasteiger partial charge in [0.25, 0.3) is 5.91 Å². The van der Waals surface area contributed by atoms with Crippen LogP contribution in [0.3, 0.4) is 0 Å². The van der Waals surface area contributed by atoms with Gasteiger partial charge in [0.1, 0.15) is 5.01 Å². The molecule has 2 aromatic rings. The zero-order valence-electron chi connectivity index (χ0n) is 17.2. The van der Waals surface area contributed by atoms with Crippen molar-refractivity contribution in [3.05, 3.63) is 69.3 Å². The molecule has 8 nitrogen and oxygen atoms in total. The molecular formula is C22H26N6O2S. The van der Waals surface area contributed by atoms with Crippen LogP contribution in [0.4, 0.5) is 0 Å². The van der Waals surface area contributed by atoms with Gasteiger partial charge < -0.3 is 16.2 Å². The maximum Gasteiger partial charge on any atom is 0.282 e. The van der Waals surface area contributed by atoms with E-state index in [1.54, 1.807) is 0 Å². The van der Waals surface area contributed by atoms with E-state index >= 15 is 0 Å². The Morgan fingerprint density at radius 3 is 2.81 bits per heavy atom. The highest BCUT2D eigenvalue weighted by Crippen LogP contribution is 2.17. The molecule has 1 aromatic heterocycles. The normalized spacial score (nSPS) is 13.8. The quantitative estimate of drug-likeness (QED) is 0.399. The fourth-order valence-corrected chi connectivity index (χ4v) is 3.86. The number of aryl methyl sites for hydroxylation is 1. The highest BCUT2D eigenvalue weighted by atomic mass is 32.1. The minimum Gasteiger partial charge on any atom is -0.402 e. The van der Waals surface area contributed by atoms with E-state index in [0.717, 1.165) is 41.1 Å². The number of nitrogens with one attached hydrogen (secondary N) is 2. The molecule has 0 fully saturated rings. The summed E-state index contributed by atoms with van der Waals surface area (Å²) in [7, 11) is 0. The molecule has 0 bridgehead atoms. The van der Waals surface area contributed by atoms with Crippen molar-refractivity contribution in [3.63, 3.8) is 0 Å². The first kappa shape index (κ1) is 22.5. The van der Waals surface area contributed by atoms with Crippen molar-refractivity contribution in [1.82, 2.24) is 15.5 Å². The van der Waals surface area contributed by atoms with Gasteiger partial charge in [0.15, 0.2) is 5.84 Å². The summed E-state index contributed by atoms with van der Waals surface area (Å²) in [6.07, 6.45) is 7.62. The van der Waals surface area contributed by atoms with Gasteiger partial charge in [0.2, 0.25) is 5.01 Å². The topological polar surface area (TPSA) is 137 Å². The number of carbonyl (C=O) groups is 1. The third-order valence-corrected chi connectivity index (χ3v) is 5.57. The molecule has 1 aliphatic heterocycles. The number of aliphatic hydroxyl groups is 1. The smallest absolute Gasteiger partial charge is 0.282 e. The van der Waals surface area contributed by atoms with Gasteiger partial charge in [-0.25, -0.2) is 4.99 Å². The van der Waals surface area contributed by atoms with E-state index in [1.807, 2.05) is 42.5 Å². The third kappa shape index (κ3) is 6.94. The summed E-state index contributed by atoms with van der Waals surface area (Å²) in [5.41, 5.74) is 9.64. The number of nitrogens with two attached hydrogens (primary N) is 1. The number of amides is 1. The van der Waals surface area contributed by atoms with Crippen molar-refractivity contribution in [2.45, 2.75) is 32.1 Å². The van der Waals surface area contributed by atoms with Gasteiger partial charge in [-0.3, -0.25) is 10.2 Å². The molecule has 1 amide bonds. The third-order valence-electron chi connectivity index (χ3n) is 4.58. The van der Waals surface area contributed by atoms with Crippen molar-refractivity contribution in [2.75, 3.05) is 13.2 Å². The zero-order chi connectivity index (χ0) is 22.1. The maximum atomic E-state index is 11.8. The molecule has 0 atom stereocenters. The molecule has 0 saturated carbocycles. The van der Waals surface area contributed by atoms with E-state index in [1.165, 1.54) is 11.3 Å². The molecule has 31 heavy (non-hydrogen) atoms. The SMILES string of the molecule is N=C1N=C(Cc2ccccc2)C=C1C=C(N)CCCCc1nnc(C(=O)NCCO)s1. The van der Waals surface area contributed by atoms with Crippen LogP contribution in [-0.2, 0) is 12.8 Å². The molecular weight excluding hydrogens is 412 g/mol. The number of allylic oxidation sites excluding steroid dienone is 2. The van der Waals surface area contributed by atoms with E-state index in [4.69, 9.17) is 16.2 Å². The lowest BCUT2D eigenvalue weighted by molar-refractivity contribution is 0.0943. The molecule has 5 N–H and O–H groups in total. The monoisotopic (exact) mass is 438 g/mol. The Morgan fingerprint density at radius 2 is 2.03 bits per heavy atom. The summed E-state index contributed by atoms with van der Waals surface area (Å²) in [5, 5.41) is 28.4. The number of aliphatic hydroxyl groups excluding tert-OH is 1. The van der Waals surface area contributed by atoms with Crippen LogP contribution < -0.4 is 11.1 Å². The Balaban J connectivity index is 1.43. The number of aliphatic imine (C=N–C) groups is 1. The summed E-state index contributed by atoms with van der Waals surface area (Å²) in [4.78, 5) is 16.1. The van der Waals surface area contributed by atoms with Gasteiger partial charge in [-0.15, -0.1) is 10.2 Å². The Labute approximate surface area is 185 Å². The second kappa shape index (κ2) is 11.3. The van der Waals surface area contributed by atoms with Crippen molar-refractivity contribution in [2.24, 2.45) is 10.7 Å². The number of aromatic nitrogens is 2. The minimum absolute atomic E-state index is 0.108. The Hall–Kier alpha value is -3.17. The lowest BCUT2D eigenvalue weighted by atomic mass is 10.1. The molecule has 0 saturated heterocycles. The van der Waals surface area contributed by atoms with Gasteiger partial charge in [-0.1, -0.05) is 41.7 Å². The molecule has 0 spiro atoms. The number of rotatable bonds is 11. The van der Waals surface area contributed by atoms with Crippen LogP contribution in [0.1, 0.15) is 39.6 Å². The van der Waals surface area contributed by atoms with E-state index < -0.39 is 0 Å². The second-order valence-corrected chi connectivity index (χ2v) is 8.18. The predicted molar refractivity (Wildman–Crippen MR) is 123 cm³/mol. The highest BCUT2D eigenvalue weighted by molar-refractivity contribution is 7.13. The zero-order valence-corrected chi connectivity index (χ0v) is 18.0. The maximum absolute atomic E-state index is 11.8. The average Bonchev–Trinajstić information content (AvgIpc) is 3.37. The first-order chi connectivity index (χ1) is 15.0. The molecule has 3 rings (SSSR count). The molecule has 0 radical (unpaired) electrons. The van der Waals surface area contributed by atoms with Gasteiger partial charge >= 0.3 is 0 Å². The number of amidine groups is 1. The number of carbonyl (C=O) groups excluding carboxylic acids is 1. The van der Waals surface area contributed by atoms with Crippen LogP contribution in [0.2, 0.25) is 0 Å². The number of benzene rings is 1. The molecule has 1 aromatic carbocycles. The Kier molecular flexibility index (Phi) is 8.19.